The third-order valence-corrected chi connectivity index (χ3v) is 4.26. The Hall–Kier alpha value is -0.0800. The maximum atomic E-state index is 5.91. The molecule has 0 bridgehead atoms. The van der Waals surface area contributed by atoms with Gasteiger partial charge in [-0.05, 0) is 50.0 Å². The zero-order chi connectivity index (χ0) is 10.2. The summed E-state index contributed by atoms with van der Waals surface area (Å²) in [4.78, 5) is 0. The van der Waals surface area contributed by atoms with Crippen LogP contribution in [0.3, 0.4) is 0 Å². The molecule has 2 saturated carbocycles. The van der Waals surface area contributed by atoms with Crippen molar-refractivity contribution >= 4 is 0 Å². The van der Waals surface area contributed by atoms with E-state index in [2.05, 4.69) is 19.2 Å². The van der Waals surface area contributed by atoms with Crippen molar-refractivity contribution in [2.24, 2.45) is 23.5 Å². The zero-order valence-corrected chi connectivity index (χ0v) is 9.55. The standard InChI is InChI=1S/C12H24N2/c1-9-3-4-12(6-9,8-13)14-7-11-5-10(11)2/h9-11,14H,3-8,13H2,1-2H3. The molecule has 0 aliphatic heterocycles. The molecule has 0 saturated heterocycles. The Morgan fingerprint density at radius 2 is 2.14 bits per heavy atom. The summed E-state index contributed by atoms with van der Waals surface area (Å²) >= 11 is 0. The zero-order valence-electron chi connectivity index (χ0n) is 9.55. The molecular weight excluding hydrogens is 172 g/mol. The summed E-state index contributed by atoms with van der Waals surface area (Å²) in [7, 11) is 0. The van der Waals surface area contributed by atoms with Gasteiger partial charge in [0.25, 0.3) is 0 Å². The van der Waals surface area contributed by atoms with Crippen LogP contribution < -0.4 is 11.1 Å². The molecule has 2 heteroatoms. The van der Waals surface area contributed by atoms with Crippen LogP contribution in [0.5, 0.6) is 0 Å². The molecule has 0 heterocycles. The van der Waals surface area contributed by atoms with Crippen LogP contribution in [0.1, 0.15) is 39.5 Å². The first kappa shape index (κ1) is 10.4. The Kier molecular flexibility index (Phi) is 2.85. The first-order valence-corrected chi connectivity index (χ1v) is 6.10. The smallest absolute Gasteiger partial charge is 0.0306 e. The number of hydrogen-bond acceptors (Lipinski definition) is 2. The van der Waals surface area contributed by atoms with Crippen LogP contribution in [0.2, 0.25) is 0 Å². The fraction of sp³-hybridized carbons (Fsp3) is 1.00. The fourth-order valence-electron chi connectivity index (χ4n) is 2.84. The van der Waals surface area contributed by atoms with Crippen molar-refractivity contribution in [3.63, 3.8) is 0 Å². The van der Waals surface area contributed by atoms with E-state index in [0.717, 1.165) is 24.3 Å². The highest BCUT2D eigenvalue weighted by Crippen LogP contribution is 2.39. The summed E-state index contributed by atoms with van der Waals surface area (Å²) in [6.07, 6.45) is 5.34. The summed E-state index contributed by atoms with van der Waals surface area (Å²) in [6.45, 7) is 6.71. The third kappa shape index (κ3) is 2.12. The normalized spacial score (nSPS) is 46.9. The number of rotatable bonds is 4. The molecule has 0 aromatic carbocycles. The minimum Gasteiger partial charge on any atom is -0.329 e. The van der Waals surface area contributed by atoms with Crippen molar-refractivity contribution in [1.29, 1.82) is 0 Å². The minimum absolute atomic E-state index is 0.293. The second kappa shape index (κ2) is 3.82. The summed E-state index contributed by atoms with van der Waals surface area (Å²) in [5.74, 6) is 2.76. The van der Waals surface area contributed by atoms with E-state index in [1.807, 2.05) is 0 Å². The van der Waals surface area contributed by atoms with E-state index >= 15 is 0 Å². The average Bonchev–Trinajstić information content (AvgIpc) is 2.74. The number of nitrogens with two attached hydrogens (primary N) is 1. The van der Waals surface area contributed by atoms with Gasteiger partial charge in [0, 0.05) is 12.1 Å². The Labute approximate surface area is 87.6 Å². The van der Waals surface area contributed by atoms with Gasteiger partial charge in [0.2, 0.25) is 0 Å². The molecule has 4 atom stereocenters. The van der Waals surface area contributed by atoms with E-state index in [0.29, 0.717) is 5.54 Å². The molecular formula is C12H24N2. The predicted octanol–water partition coefficient (Wildman–Crippen LogP) is 1.75. The van der Waals surface area contributed by atoms with Crippen LogP contribution in [-0.4, -0.2) is 18.6 Å². The summed E-state index contributed by atoms with van der Waals surface area (Å²) < 4.78 is 0. The average molecular weight is 196 g/mol. The molecule has 0 radical (unpaired) electrons. The molecule has 14 heavy (non-hydrogen) atoms. The molecule has 2 aliphatic carbocycles. The van der Waals surface area contributed by atoms with E-state index in [1.54, 1.807) is 0 Å². The van der Waals surface area contributed by atoms with Crippen LogP contribution in [0.15, 0.2) is 0 Å². The fourth-order valence-corrected chi connectivity index (χ4v) is 2.84. The highest BCUT2D eigenvalue weighted by atomic mass is 15.0. The summed E-state index contributed by atoms with van der Waals surface area (Å²) in [6, 6.07) is 0. The SMILES string of the molecule is CC1CCC(CN)(NCC2CC2C)C1. The topological polar surface area (TPSA) is 38.0 Å². The summed E-state index contributed by atoms with van der Waals surface area (Å²) in [5, 5.41) is 3.74. The van der Waals surface area contributed by atoms with Crippen LogP contribution >= 0.6 is 0 Å². The van der Waals surface area contributed by atoms with Gasteiger partial charge in [0.1, 0.15) is 0 Å². The second-order valence-corrected chi connectivity index (χ2v) is 5.69. The predicted molar refractivity (Wildman–Crippen MR) is 60.1 cm³/mol. The Bertz CT molecular complexity index is 204. The molecule has 82 valence electrons. The maximum absolute atomic E-state index is 5.91. The molecule has 0 spiro atoms. The van der Waals surface area contributed by atoms with Crippen LogP contribution in [-0.2, 0) is 0 Å². The molecule has 2 rings (SSSR count). The Balaban J connectivity index is 1.80. The largest absolute Gasteiger partial charge is 0.329 e. The van der Waals surface area contributed by atoms with Gasteiger partial charge in [0.15, 0.2) is 0 Å². The first-order valence-electron chi connectivity index (χ1n) is 6.10. The Morgan fingerprint density at radius 1 is 1.43 bits per heavy atom. The van der Waals surface area contributed by atoms with Gasteiger partial charge in [-0.1, -0.05) is 13.8 Å². The molecule has 2 aliphatic rings. The van der Waals surface area contributed by atoms with Gasteiger partial charge in [-0.2, -0.15) is 0 Å². The van der Waals surface area contributed by atoms with Gasteiger partial charge in [-0.15, -0.1) is 0 Å². The molecule has 3 N–H and O–H groups in total. The maximum Gasteiger partial charge on any atom is 0.0306 e. The lowest BCUT2D eigenvalue weighted by Gasteiger charge is -2.29. The highest BCUT2D eigenvalue weighted by Gasteiger charge is 2.39. The Morgan fingerprint density at radius 3 is 2.57 bits per heavy atom. The van der Waals surface area contributed by atoms with Crippen LogP contribution in [0.4, 0.5) is 0 Å². The van der Waals surface area contributed by atoms with Crippen molar-refractivity contribution in [3.05, 3.63) is 0 Å². The van der Waals surface area contributed by atoms with E-state index in [1.165, 1.54) is 32.2 Å². The molecule has 4 unspecified atom stereocenters. The lowest BCUT2D eigenvalue weighted by atomic mass is 9.96. The summed E-state index contributed by atoms with van der Waals surface area (Å²) in [5.41, 5.74) is 6.20. The van der Waals surface area contributed by atoms with Gasteiger partial charge in [-0.3, -0.25) is 0 Å². The highest BCUT2D eigenvalue weighted by molar-refractivity contribution is 4.98. The quantitative estimate of drug-likeness (QED) is 0.719. The number of nitrogens with one attached hydrogen (secondary N) is 1. The van der Waals surface area contributed by atoms with Gasteiger partial charge < -0.3 is 11.1 Å². The van der Waals surface area contributed by atoms with E-state index in [-0.39, 0.29) is 0 Å². The minimum atomic E-state index is 0.293. The van der Waals surface area contributed by atoms with Crippen molar-refractivity contribution < 1.29 is 0 Å². The van der Waals surface area contributed by atoms with Gasteiger partial charge in [0.05, 0.1) is 0 Å². The van der Waals surface area contributed by atoms with Crippen molar-refractivity contribution in [1.82, 2.24) is 5.32 Å². The van der Waals surface area contributed by atoms with Crippen molar-refractivity contribution in [3.8, 4) is 0 Å². The lowest BCUT2D eigenvalue weighted by Crippen LogP contribution is -2.50. The molecule has 0 aromatic heterocycles. The lowest BCUT2D eigenvalue weighted by molar-refractivity contribution is 0.323. The monoisotopic (exact) mass is 196 g/mol. The molecule has 2 nitrogen and oxygen atoms in total. The van der Waals surface area contributed by atoms with E-state index in [9.17, 15) is 0 Å². The third-order valence-electron chi connectivity index (χ3n) is 4.26. The van der Waals surface area contributed by atoms with Crippen molar-refractivity contribution in [2.75, 3.05) is 13.1 Å². The van der Waals surface area contributed by atoms with Gasteiger partial charge >= 0.3 is 0 Å². The first-order chi connectivity index (χ1) is 6.65. The molecule has 0 aromatic rings. The van der Waals surface area contributed by atoms with Gasteiger partial charge in [-0.25, -0.2) is 0 Å². The molecule has 0 amide bonds. The van der Waals surface area contributed by atoms with E-state index in [4.69, 9.17) is 5.73 Å². The van der Waals surface area contributed by atoms with Crippen LogP contribution in [0, 0.1) is 17.8 Å². The van der Waals surface area contributed by atoms with Crippen molar-refractivity contribution in [2.45, 2.75) is 45.1 Å². The van der Waals surface area contributed by atoms with Crippen LogP contribution in [0.25, 0.3) is 0 Å². The van der Waals surface area contributed by atoms with E-state index < -0.39 is 0 Å². The second-order valence-electron chi connectivity index (χ2n) is 5.69. The molecule has 2 fully saturated rings. The number of hydrogen-bond donors (Lipinski definition) is 2.